The first-order valence-electron chi connectivity index (χ1n) is 8.66. The van der Waals surface area contributed by atoms with Gasteiger partial charge in [-0.1, -0.05) is 24.6 Å². The second-order valence-corrected chi connectivity index (χ2v) is 7.22. The number of hydrogen-bond acceptors (Lipinski definition) is 5. The van der Waals surface area contributed by atoms with Crippen LogP contribution in [-0.2, 0) is 11.3 Å². The molecule has 2 fully saturated rings. The highest BCUT2D eigenvalue weighted by atomic mass is 35.5. The van der Waals surface area contributed by atoms with Gasteiger partial charge in [-0.3, -0.25) is 0 Å². The first-order valence-corrected chi connectivity index (χ1v) is 9.04. The minimum Gasteiger partial charge on any atom is -0.461 e. The van der Waals surface area contributed by atoms with Crippen molar-refractivity contribution in [1.82, 2.24) is 14.5 Å². The first kappa shape index (κ1) is 16.4. The number of hydrogen-bond donors (Lipinski definition) is 0. The maximum Gasteiger partial charge on any atom is 0.358 e. The van der Waals surface area contributed by atoms with E-state index in [1.165, 1.54) is 0 Å². The number of esters is 1. The molecule has 1 aliphatic carbocycles. The number of imidazole rings is 1. The van der Waals surface area contributed by atoms with E-state index in [4.69, 9.17) is 16.3 Å². The topological polar surface area (TPSA) is 60.2 Å². The number of piperidine rings is 1. The van der Waals surface area contributed by atoms with Gasteiger partial charge in [-0.15, -0.1) is 0 Å². The summed E-state index contributed by atoms with van der Waals surface area (Å²) in [6.45, 7) is 7.11. The van der Waals surface area contributed by atoms with Gasteiger partial charge in [0.1, 0.15) is 11.0 Å². The molecule has 6 nitrogen and oxygen atoms in total. The van der Waals surface area contributed by atoms with Crippen molar-refractivity contribution < 1.29 is 9.53 Å². The van der Waals surface area contributed by atoms with Crippen LogP contribution in [-0.4, -0.2) is 40.2 Å². The summed E-state index contributed by atoms with van der Waals surface area (Å²) in [7, 11) is 0. The number of fused-ring (bicyclic) bond motifs is 1. The summed E-state index contributed by atoms with van der Waals surface area (Å²) < 4.78 is 6.76. The molecule has 0 amide bonds. The Bertz CT molecular complexity index is 794. The van der Waals surface area contributed by atoms with Crippen LogP contribution in [0.1, 0.15) is 29.9 Å². The molecule has 4 rings (SSSR count). The highest BCUT2D eigenvalue weighted by molar-refractivity contribution is 6.30. The lowest BCUT2D eigenvalue weighted by Crippen LogP contribution is -2.24. The van der Waals surface area contributed by atoms with E-state index >= 15 is 0 Å². The van der Waals surface area contributed by atoms with Crippen molar-refractivity contribution in [1.29, 1.82) is 0 Å². The number of carbonyl (C=O) groups excluding carboxylic acids is 1. The van der Waals surface area contributed by atoms with Crippen LogP contribution in [0.3, 0.4) is 0 Å². The Morgan fingerprint density at radius 2 is 2.12 bits per heavy atom. The molecule has 0 radical (unpaired) electrons. The first-order chi connectivity index (χ1) is 12.1. The van der Waals surface area contributed by atoms with E-state index in [0.29, 0.717) is 24.0 Å². The van der Waals surface area contributed by atoms with Crippen LogP contribution in [0, 0.1) is 17.8 Å². The molecule has 25 heavy (non-hydrogen) atoms. The number of aromatic nitrogens is 3. The third kappa shape index (κ3) is 3.11. The molecule has 0 bridgehead atoms. The lowest BCUT2D eigenvalue weighted by molar-refractivity contribution is 0.0520. The highest BCUT2D eigenvalue weighted by Crippen LogP contribution is 2.51. The monoisotopic (exact) mass is 360 g/mol. The lowest BCUT2D eigenvalue weighted by atomic mass is 10.2. The van der Waals surface area contributed by atoms with Gasteiger partial charge < -0.3 is 14.2 Å². The third-order valence-corrected chi connectivity index (χ3v) is 5.66. The van der Waals surface area contributed by atoms with Crippen molar-refractivity contribution >= 4 is 23.4 Å². The van der Waals surface area contributed by atoms with Gasteiger partial charge in [0.25, 0.3) is 0 Å². The Morgan fingerprint density at radius 3 is 2.80 bits per heavy atom. The second-order valence-electron chi connectivity index (χ2n) is 6.86. The van der Waals surface area contributed by atoms with Crippen molar-refractivity contribution in [2.24, 2.45) is 17.8 Å². The molecule has 1 aliphatic heterocycles. The van der Waals surface area contributed by atoms with E-state index in [-0.39, 0.29) is 0 Å². The van der Waals surface area contributed by atoms with Gasteiger partial charge in [0, 0.05) is 24.8 Å². The number of carbonyl (C=O) groups is 1. The Balaban J connectivity index is 1.44. The Labute approximate surface area is 151 Å². The summed E-state index contributed by atoms with van der Waals surface area (Å²) in [5.74, 6) is 3.05. The van der Waals surface area contributed by atoms with Crippen molar-refractivity contribution in [3.8, 4) is 0 Å². The number of anilines is 1. The fraction of sp³-hybridized carbons (Fsp3) is 0.500. The van der Waals surface area contributed by atoms with E-state index < -0.39 is 5.97 Å². The maximum atomic E-state index is 11.7. The van der Waals surface area contributed by atoms with Crippen molar-refractivity contribution in [3.05, 3.63) is 41.1 Å². The average Bonchev–Trinajstić information content (AvgIpc) is 3.03. The molecular formula is C18H21ClN4O2. The van der Waals surface area contributed by atoms with Gasteiger partial charge >= 0.3 is 5.97 Å². The average molecular weight is 361 g/mol. The van der Waals surface area contributed by atoms with Crippen LogP contribution in [0.25, 0.3) is 0 Å². The molecule has 0 unspecified atom stereocenters. The van der Waals surface area contributed by atoms with Crippen LogP contribution >= 0.6 is 11.6 Å². The smallest absolute Gasteiger partial charge is 0.358 e. The van der Waals surface area contributed by atoms with Gasteiger partial charge in [-0.2, -0.15) is 0 Å². The second kappa shape index (κ2) is 6.33. The van der Waals surface area contributed by atoms with Gasteiger partial charge in [0.15, 0.2) is 5.69 Å². The zero-order valence-electron chi connectivity index (χ0n) is 14.4. The molecule has 7 heteroatoms. The predicted octanol–water partition coefficient (Wildman–Crippen LogP) is 2.86. The quantitative estimate of drug-likeness (QED) is 0.606. The molecule has 1 saturated carbocycles. The molecule has 2 aliphatic rings. The van der Waals surface area contributed by atoms with Crippen LogP contribution in [0.5, 0.6) is 0 Å². The number of ether oxygens (including phenoxy) is 1. The molecular weight excluding hydrogens is 340 g/mol. The maximum absolute atomic E-state index is 11.7. The standard InChI is InChI=1S/C18H21ClN4O2/c1-3-25-18(24)15-9-22(10-20-15)6-12-4-5-16(21-17(12)19)23-7-13-11(2)14(13)8-23/h4-5,9-11,13-14H,3,6-8H2,1-2H3/t11-,13+,14-. The van der Waals surface area contributed by atoms with Crippen LogP contribution in [0.4, 0.5) is 5.82 Å². The minimum absolute atomic E-state index is 0.299. The van der Waals surface area contributed by atoms with Crippen molar-refractivity contribution in [3.63, 3.8) is 0 Å². The Kier molecular flexibility index (Phi) is 4.15. The molecule has 2 aromatic rings. The van der Waals surface area contributed by atoms with E-state index in [9.17, 15) is 4.79 Å². The van der Waals surface area contributed by atoms with Crippen LogP contribution in [0.2, 0.25) is 5.15 Å². The zero-order chi connectivity index (χ0) is 17.6. The summed E-state index contributed by atoms with van der Waals surface area (Å²) in [6, 6.07) is 4.03. The highest BCUT2D eigenvalue weighted by Gasteiger charge is 2.52. The van der Waals surface area contributed by atoms with E-state index in [0.717, 1.165) is 42.2 Å². The Morgan fingerprint density at radius 1 is 1.36 bits per heavy atom. The van der Waals surface area contributed by atoms with Crippen molar-refractivity contribution in [2.45, 2.75) is 20.4 Å². The largest absolute Gasteiger partial charge is 0.461 e. The molecule has 3 atom stereocenters. The molecule has 2 aromatic heterocycles. The fourth-order valence-corrected chi connectivity index (χ4v) is 3.92. The SMILES string of the molecule is CCOC(=O)c1cn(Cc2ccc(N3C[C@@H]4[C@H](C)[C@@H]4C3)nc2Cl)cn1. The van der Waals surface area contributed by atoms with Crippen LogP contribution < -0.4 is 4.90 Å². The zero-order valence-corrected chi connectivity index (χ0v) is 15.1. The summed E-state index contributed by atoms with van der Waals surface area (Å²) in [6.07, 6.45) is 3.27. The van der Waals surface area contributed by atoms with Gasteiger partial charge in [0.05, 0.1) is 19.5 Å². The molecule has 132 valence electrons. The molecule has 0 aromatic carbocycles. The number of halogens is 1. The van der Waals surface area contributed by atoms with Gasteiger partial charge in [-0.05, 0) is 30.7 Å². The summed E-state index contributed by atoms with van der Waals surface area (Å²) in [5.41, 5.74) is 1.20. The lowest BCUT2D eigenvalue weighted by Gasteiger charge is -2.20. The number of pyridine rings is 1. The van der Waals surface area contributed by atoms with Crippen molar-refractivity contribution in [2.75, 3.05) is 24.6 Å². The molecule has 1 saturated heterocycles. The Hall–Kier alpha value is -2.08. The summed E-state index contributed by atoms with van der Waals surface area (Å²) >= 11 is 6.39. The van der Waals surface area contributed by atoms with E-state index in [2.05, 4.69) is 21.8 Å². The normalized spacial score (nSPS) is 24.3. The summed E-state index contributed by atoms with van der Waals surface area (Å²) in [4.78, 5) is 22.6. The number of nitrogens with zero attached hydrogens (tertiary/aromatic N) is 4. The van der Waals surface area contributed by atoms with E-state index in [1.807, 2.05) is 16.7 Å². The molecule has 0 spiro atoms. The molecule has 3 heterocycles. The van der Waals surface area contributed by atoms with Gasteiger partial charge in [-0.25, -0.2) is 14.8 Å². The number of rotatable bonds is 5. The summed E-state index contributed by atoms with van der Waals surface area (Å²) in [5, 5.41) is 0.498. The fourth-order valence-electron chi connectivity index (χ4n) is 3.71. The van der Waals surface area contributed by atoms with Crippen LogP contribution in [0.15, 0.2) is 24.7 Å². The minimum atomic E-state index is -0.414. The molecule has 0 N–H and O–H groups in total. The third-order valence-electron chi connectivity index (χ3n) is 5.33. The van der Waals surface area contributed by atoms with Gasteiger partial charge in [0.2, 0.25) is 0 Å². The van der Waals surface area contributed by atoms with E-state index in [1.54, 1.807) is 19.4 Å². The predicted molar refractivity (Wildman–Crippen MR) is 94.9 cm³/mol.